The highest BCUT2D eigenvalue weighted by Gasteiger charge is 2.36. The number of carbonyl (C=O) groups excluding carboxylic acids is 1. The van der Waals surface area contributed by atoms with Crippen molar-refractivity contribution in [3.63, 3.8) is 0 Å². The van der Waals surface area contributed by atoms with Crippen molar-refractivity contribution in [2.75, 3.05) is 39.3 Å². The summed E-state index contributed by atoms with van der Waals surface area (Å²) in [6, 6.07) is 8.85. The molecule has 0 aromatic heterocycles. The molecule has 0 radical (unpaired) electrons. The molecule has 4 atom stereocenters. The lowest BCUT2D eigenvalue weighted by atomic mass is 9.84. The highest BCUT2D eigenvalue weighted by Crippen LogP contribution is 2.29. The Balaban J connectivity index is 1.44. The minimum Gasteiger partial charge on any atom is -0.491 e. The van der Waals surface area contributed by atoms with E-state index in [0.717, 1.165) is 32.6 Å². The summed E-state index contributed by atoms with van der Waals surface area (Å²) in [5, 5.41) is 19.2. The van der Waals surface area contributed by atoms with Crippen LogP contribution in [0.5, 0.6) is 5.75 Å². The summed E-state index contributed by atoms with van der Waals surface area (Å²) in [4.78, 5) is 16.6. The second kappa shape index (κ2) is 9.37. The van der Waals surface area contributed by atoms with E-state index in [9.17, 15) is 9.90 Å². The van der Waals surface area contributed by atoms with Crippen LogP contribution in [0, 0.1) is 23.2 Å². The summed E-state index contributed by atoms with van der Waals surface area (Å²) in [6.45, 7) is 6.02. The molecule has 3 rings (SSSR count). The molecule has 0 spiro atoms. The van der Waals surface area contributed by atoms with Crippen LogP contribution in [-0.4, -0.2) is 72.3 Å². The van der Waals surface area contributed by atoms with Gasteiger partial charge in [0.15, 0.2) is 0 Å². The molecule has 1 aromatic rings. The normalized spacial score (nSPS) is 24.3. The Kier molecular flexibility index (Phi) is 6.89. The average Bonchev–Trinajstić information content (AvgIpc) is 2.65. The Morgan fingerprint density at radius 3 is 2.50 bits per heavy atom. The van der Waals surface area contributed by atoms with Crippen LogP contribution in [0.4, 0.5) is 0 Å². The van der Waals surface area contributed by atoms with Crippen LogP contribution in [-0.2, 0) is 4.79 Å². The highest BCUT2D eigenvalue weighted by atomic mass is 16.5. The van der Waals surface area contributed by atoms with Crippen molar-refractivity contribution in [3.8, 4) is 11.8 Å². The highest BCUT2D eigenvalue weighted by molar-refractivity contribution is 5.76. The molecule has 2 heterocycles. The van der Waals surface area contributed by atoms with E-state index in [2.05, 4.69) is 11.0 Å². The number of hydrogen-bond donors (Lipinski definition) is 2. The van der Waals surface area contributed by atoms with Crippen molar-refractivity contribution in [1.82, 2.24) is 9.80 Å². The zero-order chi connectivity index (χ0) is 20.1. The topological polar surface area (TPSA) is 103 Å². The summed E-state index contributed by atoms with van der Waals surface area (Å²) in [5.41, 5.74) is 6.35. The van der Waals surface area contributed by atoms with Gasteiger partial charge in [-0.15, -0.1) is 0 Å². The number of rotatable bonds is 7. The van der Waals surface area contributed by atoms with E-state index in [-0.39, 0.29) is 18.6 Å². The van der Waals surface area contributed by atoms with Gasteiger partial charge in [-0.05, 0) is 49.4 Å². The number of piperidine rings is 2. The van der Waals surface area contributed by atoms with Gasteiger partial charge >= 0.3 is 0 Å². The van der Waals surface area contributed by atoms with Gasteiger partial charge in [-0.2, -0.15) is 5.26 Å². The predicted octanol–water partition coefficient (Wildman–Crippen LogP) is 0.816. The van der Waals surface area contributed by atoms with Gasteiger partial charge in [-0.25, -0.2) is 0 Å². The molecule has 7 heteroatoms. The predicted molar refractivity (Wildman–Crippen MR) is 106 cm³/mol. The Hall–Kier alpha value is -2.14. The summed E-state index contributed by atoms with van der Waals surface area (Å²) < 4.78 is 5.64. The maximum absolute atomic E-state index is 12.3. The van der Waals surface area contributed by atoms with Gasteiger partial charge in [-0.3, -0.25) is 9.69 Å². The fourth-order valence-corrected chi connectivity index (χ4v) is 4.31. The van der Waals surface area contributed by atoms with Gasteiger partial charge in [0, 0.05) is 45.2 Å². The van der Waals surface area contributed by atoms with Crippen LogP contribution < -0.4 is 10.5 Å². The van der Waals surface area contributed by atoms with Crippen molar-refractivity contribution in [2.24, 2.45) is 17.6 Å². The third-order valence-corrected chi connectivity index (χ3v) is 5.40. The first-order valence-corrected chi connectivity index (χ1v) is 9.99. The van der Waals surface area contributed by atoms with E-state index in [4.69, 9.17) is 15.7 Å². The quantitative estimate of drug-likeness (QED) is 0.719. The number of aliphatic hydroxyl groups is 1. The largest absolute Gasteiger partial charge is 0.491 e. The number of likely N-dealkylation sites (tertiary alicyclic amines) is 2. The van der Waals surface area contributed by atoms with Gasteiger partial charge in [-0.1, -0.05) is 0 Å². The fraction of sp³-hybridized carbons (Fsp3) is 0.619. The summed E-state index contributed by atoms with van der Waals surface area (Å²) in [6.07, 6.45) is 0.982. The van der Waals surface area contributed by atoms with Gasteiger partial charge < -0.3 is 20.5 Å². The second-order valence-electron chi connectivity index (χ2n) is 8.27. The number of aliphatic hydroxyl groups excluding tert-OH is 1. The van der Waals surface area contributed by atoms with Gasteiger partial charge in [0.1, 0.15) is 18.5 Å². The third-order valence-electron chi connectivity index (χ3n) is 5.40. The summed E-state index contributed by atoms with van der Waals surface area (Å²) >= 11 is 0. The molecule has 2 aliphatic rings. The molecule has 1 aromatic carbocycles. The minimum atomic E-state index is -0.578. The van der Waals surface area contributed by atoms with E-state index in [0.29, 0.717) is 36.1 Å². The Bertz CT molecular complexity index is 687. The van der Waals surface area contributed by atoms with Crippen molar-refractivity contribution >= 4 is 5.91 Å². The standard InChI is InChI=1S/C21H30N4O3/c1-15(23)6-21(27)25-11-17-7-18(12-25)10-24(9-17)13-19(26)14-28-20-4-2-16(8-22)3-5-20/h2-5,15,17-19,26H,6-7,9-14,23H2,1H3. The number of ether oxygens (including phenoxy) is 1. The Morgan fingerprint density at radius 2 is 1.93 bits per heavy atom. The first-order valence-electron chi connectivity index (χ1n) is 9.99. The number of amides is 1. The number of nitrogens with zero attached hydrogens (tertiary/aromatic N) is 3. The lowest BCUT2D eigenvalue weighted by molar-refractivity contribution is -0.136. The Morgan fingerprint density at radius 1 is 1.29 bits per heavy atom. The maximum Gasteiger partial charge on any atom is 0.224 e. The third kappa shape index (κ3) is 5.68. The van der Waals surface area contributed by atoms with E-state index >= 15 is 0 Å². The molecule has 2 aliphatic heterocycles. The average molecular weight is 386 g/mol. The van der Waals surface area contributed by atoms with Crippen LogP contribution >= 0.6 is 0 Å². The number of nitrogens with two attached hydrogens (primary N) is 1. The molecule has 2 bridgehead atoms. The smallest absolute Gasteiger partial charge is 0.224 e. The lowest BCUT2D eigenvalue weighted by Crippen LogP contribution is -2.55. The van der Waals surface area contributed by atoms with Gasteiger partial charge in [0.2, 0.25) is 5.91 Å². The van der Waals surface area contributed by atoms with Crippen molar-refractivity contribution < 1.29 is 14.6 Å². The number of carbonyl (C=O) groups is 1. The molecule has 152 valence electrons. The van der Waals surface area contributed by atoms with Crippen molar-refractivity contribution in [2.45, 2.75) is 31.9 Å². The van der Waals surface area contributed by atoms with Crippen LogP contribution in [0.15, 0.2) is 24.3 Å². The van der Waals surface area contributed by atoms with Crippen LogP contribution in [0.25, 0.3) is 0 Å². The number of hydrogen-bond acceptors (Lipinski definition) is 6. The molecule has 1 amide bonds. The number of β-amino-alcohol motifs (C(OH)–C–C–N with tert-alkyl or cyclic N) is 1. The zero-order valence-electron chi connectivity index (χ0n) is 16.5. The van der Waals surface area contributed by atoms with E-state index in [1.807, 2.05) is 11.8 Å². The zero-order valence-corrected chi connectivity index (χ0v) is 16.5. The molecule has 2 saturated heterocycles. The molecular formula is C21H30N4O3. The van der Waals surface area contributed by atoms with E-state index in [1.54, 1.807) is 24.3 Å². The molecule has 0 aliphatic carbocycles. The van der Waals surface area contributed by atoms with Crippen molar-refractivity contribution in [3.05, 3.63) is 29.8 Å². The van der Waals surface area contributed by atoms with E-state index < -0.39 is 6.10 Å². The SMILES string of the molecule is CC(N)CC(=O)N1CC2CC(CN(CC(O)COc3ccc(C#N)cc3)C2)C1. The summed E-state index contributed by atoms with van der Waals surface area (Å²) in [7, 11) is 0. The molecule has 3 N–H and O–H groups in total. The molecule has 2 fully saturated rings. The maximum atomic E-state index is 12.3. The first kappa shape index (κ1) is 20.6. The molecule has 0 saturated carbocycles. The molecule has 28 heavy (non-hydrogen) atoms. The lowest BCUT2D eigenvalue weighted by Gasteiger charge is -2.46. The monoisotopic (exact) mass is 386 g/mol. The van der Waals surface area contributed by atoms with E-state index in [1.165, 1.54) is 0 Å². The second-order valence-corrected chi connectivity index (χ2v) is 8.27. The van der Waals surface area contributed by atoms with Gasteiger partial charge in [0.05, 0.1) is 11.6 Å². The van der Waals surface area contributed by atoms with Crippen molar-refractivity contribution in [1.29, 1.82) is 5.26 Å². The first-order chi connectivity index (χ1) is 13.4. The number of benzene rings is 1. The Labute approximate surface area is 166 Å². The molecule has 4 unspecified atom stereocenters. The fourth-order valence-electron chi connectivity index (χ4n) is 4.31. The molecular weight excluding hydrogens is 356 g/mol. The van der Waals surface area contributed by atoms with Crippen LogP contribution in [0.2, 0.25) is 0 Å². The van der Waals surface area contributed by atoms with Crippen LogP contribution in [0.1, 0.15) is 25.3 Å². The van der Waals surface area contributed by atoms with Gasteiger partial charge in [0.25, 0.3) is 0 Å². The minimum absolute atomic E-state index is 0.1000. The van der Waals surface area contributed by atoms with Crippen LogP contribution in [0.3, 0.4) is 0 Å². The number of fused-ring (bicyclic) bond motifs is 2. The summed E-state index contributed by atoms with van der Waals surface area (Å²) in [5.74, 6) is 1.72. The number of nitriles is 1. The molecule has 7 nitrogen and oxygen atoms in total.